The predicted molar refractivity (Wildman–Crippen MR) is 85.6 cm³/mol. The van der Waals surface area contributed by atoms with Crippen LogP contribution < -0.4 is 10.2 Å². The van der Waals surface area contributed by atoms with Crippen molar-refractivity contribution >= 4 is 16.5 Å². The predicted octanol–water partition coefficient (Wildman–Crippen LogP) is 2.81. The van der Waals surface area contributed by atoms with E-state index in [4.69, 9.17) is 9.72 Å². The van der Waals surface area contributed by atoms with Crippen molar-refractivity contribution in [1.82, 2.24) is 10.3 Å². The van der Waals surface area contributed by atoms with Crippen molar-refractivity contribution in [2.24, 2.45) is 5.92 Å². The lowest BCUT2D eigenvalue weighted by molar-refractivity contribution is 0.199. The summed E-state index contributed by atoms with van der Waals surface area (Å²) >= 11 is 1.84. The SMILES string of the molecule is COCCNCc1sc(N2CCCC(C)C2C)nc1C. The van der Waals surface area contributed by atoms with E-state index in [1.165, 1.54) is 28.5 Å². The summed E-state index contributed by atoms with van der Waals surface area (Å²) in [5.41, 5.74) is 1.17. The van der Waals surface area contributed by atoms with Gasteiger partial charge in [-0.05, 0) is 32.6 Å². The highest BCUT2D eigenvalue weighted by molar-refractivity contribution is 7.15. The molecule has 1 aliphatic rings. The summed E-state index contributed by atoms with van der Waals surface area (Å²) in [6.45, 7) is 10.5. The molecular formula is C15H27N3OS. The molecule has 2 rings (SSSR count). The fourth-order valence-electron chi connectivity index (χ4n) is 2.68. The van der Waals surface area contributed by atoms with Crippen LogP contribution in [0.15, 0.2) is 0 Å². The fraction of sp³-hybridized carbons (Fsp3) is 0.800. The number of aromatic nitrogens is 1. The van der Waals surface area contributed by atoms with Crippen molar-refractivity contribution < 1.29 is 4.74 Å². The Bertz CT molecular complexity index is 421. The quantitative estimate of drug-likeness (QED) is 0.819. The molecule has 0 amide bonds. The molecule has 114 valence electrons. The first-order valence-electron chi connectivity index (χ1n) is 7.56. The minimum absolute atomic E-state index is 0.601. The Morgan fingerprint density at radius 2 is 2.25 bits per heavy atom. The summed E-state index contributed by atoms with van der Waals surface area (Å²) in [6, 6.07) is 0.601. The van der Waals surface area contributed by atoms with E-state index in [1.807, 2.05) is 11.3 Å². The zero-order chi connectivity index (χ0) is 14.5. The molecule has 1 saturated heterocycles. The standard InChI is InChI=1S/C15H27N3OS/c1-11-6-5-8-18(13(11)3)15-17-12(2)14(20-15)10-16-7-9-19-4/h11,13,16H,5-10H2,1-4H3. The van der Waals surface area contributed by atoms with Gasteiger partial charge < -0.3 is 15.0 Å². The van der Waals surface area contributed by atoms with Crippen LogP contribution in [0, 0.1) is 12.8 Å². The molecule has 1 aromatic heterocycles. The highest BCUT2D eigenvalue weighted by Crippen LogP contribution is 2.32. The van der Waals surface area contributed by atoms with Gasteiger partial charge in [0.2, 0.25) is 0 Å². The summed E-state index contributed by atoms with van der Waals surface area (Å²) in [5, 5.41) is 4.61. The average molecular weight is 297 g/mol. The lowest BCUT2D eigenvalue weighted by Crippen LogP contribution is -2.42. The zero-order valence-electron chi connectivity index (χ0n) is 13.1. The maximum absolute atomic E-state index is 5.05. The van der Waals surface area contributed by atoms with E-state index in [-0.39, 0.29) is 0 Å². The highest BCUT2D eigenvalue weighted by Gasteiger charge is 2.27. The molecule has 1 aliphatic heterocycles. The first kappa shape index (κ1) is 15.7. The number of ether oxygens (including phenoxy) is 1. The second-order valence-corrected chi connectivity index (χ2v) is 6.79. The van der Waals surface area contributed by atoms with Gasteiger partial charge in [-0.2, -0.15) is 0 Å². The Balaban J connectivity index is 1.99. The molecule has 2 heterocycles. The number of thiazole rings is 1. The lowest BCUT2D eigenvalue weighted by atomic mass is 9.93. The number of nitrogens with zero attached hydrogens (tertiary/aromatic N) is 2. The number of aryl methyl sites for hydroxylation is 1. The molecule has 2 atom stereocenters. The van der Waals surface area contributed by atoms with Gasteiger partial charge in [-0.3, -0.25) is 0 Å². The number of piperidine rings is 1. The number of hydrogen-bond donors (Lipinski definition) is 1. The van der Waals surface area contributed by atoms with Crippen LogP contribution in [0.25, 0.3) is 0 Å². The monoisotopic (exact) mass is 297 g/mol. The maximum atomic E-state index is 5.05. The first-order chi connectivity index (χ1) is 9.63. The number of nitrogens with one attached hydrogen (secondary N) is 1. The Morgan fingerprint density at radius 1 is 1.45 bits per heavy atom. The second-order valence-electron chi connectivity index (χ2n) is 5.73. The zero-order valence-corrected chi connectivity index (χ0v) is 13.9. The van der Waals surface area contributed by atoms with Gasteiger partial charge in [0.05, 0.1) is 12.3 Å². The summed E-state index contributed by atoms with van der Waals surface area (Å²) < 4.78 is 5.05. The summed E-state index contributed by atoms with van der Waals surface area (Å²) in [4.78, 5) is 8.63. The van der Waals surface area contributed by atoms with Gasteiger partial charge in [0.25, 0.3) is 0 Å². The van der Waals surface area contributed by atoms with Crippen molar-refractivity contribution in [2.45, 2.75) is 46.2 Å². The van der Waals surface area contributed by atoms with Crippen LogP contribution in [0.5, 0.6) is 0 Å². The van der Waals surface area contributed by atoms with Crippen LogP contribution in [0.2, 0.25) is 0 Å². The van der Waals surface area contributed by atoms with E-state index < -0.39 is 0 Å². The first-order valence-corrected chi connectivity index (χ1v) is 8.37. The number of hydrogen-bond acceptors (Lipinski definition) is 5. The van der Waals surface area contributed by atoms with Crippen LogP contribution in [0.4, 0.5) is 5.13 Å². The lowest BCUT2D eigenvalue weighted by Gasteiger charge is -2.37. The van der Waals surface area contributed by atoms with Gasteiger partial charge in [0.15, 0.2) is 5.13 Å². The number of rotatable bonds is 6. The molecule has 0 aliphatic carbocycles. The molecule has 2 unspecified atom stereocenters. The van der Waals surface area contributed by atoms with E-state index in [2.05, 4.69) is 31.0 Å². The van der Waals surface area contributed by atoms with Crippen molar-refractivity contribution in [3.8, 4) is 0 Å². The summed E-state index contributed by atoms with van der Waals surface area (Å²) in [6.07, 6.45) is 2.62. The van der Waals surface area contributed by atoms with E-state index in [1.54, 1.807) is 7.11 Å². The number of methoxy groups -OCH3 is 1. The maximum Gasteiger partial charge on any atom is 0.186 e. The summed E-state index contributed by atoms with van der Waals surface area (Å²) in [7, 11) is 1.73. The molecule has 0 radical (unpaired) electrons. The molecular weight excluding hydrogens is 270 g/mol. The van der Waals surface area contributed by atoms with Crippen LogP contribution >= 0.6 is 11.3 Å². The van der Waals surface area contributed by atoms with Gasteiger partial charge in [0, 0.05) is 37.7 Å². The molecule has 1 N–H and O–H groups in total. The molecule has 5 heteroatoms. The highest BCUT2D eigenvalue weighted by atomic mass is 32.1. The average Bonchev–Trinajstić information content (AvgIpc) is 2.79. The van der Waals surface area contributed by atoms with E-state index in [9.17, 15) is 0 Å². The van der Waals surface area contributed by atoms with Crippen LogP contribution in [-0.4, -0.2) is 37.8 Å². The van der Waals surface area contributed by atoms with E-state index >= 15 is 0 Å². The smallest absolute Gasteiger partial charge is 0.186 e. The second kappa shape index (κ2) is 7.38. The van der Waals surface area contributed by atoms with Gasteiger partial charge in [0.1, 0.15) is 0 Å². The van der Waals surface area contributed by atoms with Gasteiger partial charge in [-0.1, -0.05) is 6.92 Å². The fourth-order valence-corrected chi connectivity index (χ4v) is 3.83. The van der Waals surface area contributed by atoms with Crippen LogP contribution in [-0.2, 0) is 11.3 Å². The Hall–Kier alpha value is -0.650. The molecule has 20 heavy (non-hydrogen) atoms. The van der Waals surface area contributed by atoms with E-state index in [0.717, 1.165) is 32.2 Å². The van der Waals surface area contributed by atoms with Crippen LogP contribution in [0.3, 0.4) is 0 Å². The van der Waals surface area contributed by atoms with Gasteiger partial charge in [-0.25, -0.2) is 4.98 Å². The Morgan fingerprint density at radius 3 is 3.00 bits per heavy atom. The number of anilines is 1. The van der Waals surface area contributed by atoms with Crippen molar-refractivity contribution in [2.75, 3.05) is 31.7 Å². The van der Waals surface area contributed by atoms with E-state index in [0.29, 0.717) is 6.04 Å². The Kier molecular flexibility index (Phi) is 5.81. The third-order valence-electron chi connectivity index (χ3n) is 4.27. The third kappa shape index (κ3) is 3.71. The third-order valence-corrected chi connectivity index (χ3v) is 5.46. The molecule has 1 aromatic rings. The molecule has 0 aromatic carbocycles. The van der Waals surface area contributed by atoms with Crippen LogP contribution in [0.1, 0.15) is 37.3 Å². The Labute approximate surface area is 126 Å². The molecule has 1 fully saturated rings. The minimum atomic E-state index is 0.601. The minimum Gasteiger partial charge on any atom is -0.383 e. The van der Waals surface area contributed by atoms with Gasteiger partial charge >= 0.3 is 0 Å². The normalized spacial score (nSPS) is 23.3. The molecule has 4 nitrogen and oxygen atoms in total. The largest absolute Gasteiger partial charge is 0.383 e. The van der Waals surface area contributed by atoms with Crippen molar-refractivity contribution in [3.63, 3.8) is 0 Å². The van der Waals surface area contributed by atoms with Gasteiger partial charge in [-0.15, -0.1) is 11.3 Å². The topological polar surface area (TPSA) is 37.4 Å². The molecule has 0 bridgehead atoms. The van der Waals surface area contributed by atoms with Crippen molar-refractivity contribution in [3.05, 3.63) is 10.6 Å². The molecule has 0 saturated carbocycles. The summed E-state index contributed by atoms with van der Waals surface area (Å²) in [5.74, 6) is 0.760. The van der Waals surface area contributed by atoms with Crippen molar-refractivity contribution in [1.29, 1.82) is 0 Å². The molecule has 0 spiro atoms.